The van der Waals surface area contributed by atoms with Crippen LogP contribution in [-0.4, -0.2) is 43.4 Å². The van der Waals surface area contributed by atoms with Gasteiger partial charge in [-0.3, -0.25) is 4.79 Å². The molecule has 2 heterocycles. The second-order valence-corrected chi connectivity index (χ2v) is 5.56. The summed E-state index contributed by atoms with van der Waals surface area (Å²) < 4.78 is 0. The van der Waals surface area contributed by atoms with Gasteiger partial charge in [0.1, 0.15) is 6.54 Å². The number of carbonyl (C=O) groups excluding carboxylic acids is 1. The van der Waals surface area contributed by atoms with E-state index in [-0.39, 0.29) is 19.0 Å². The van der Waals surface area contributed by atoms with E-state index in [1.165, 1.54) is 4.80 Å². The molecule has 0 aromatic carbocycles. The Morgan fingerprint density at radius 1 is 1.60 bits per heavy atom. The zero-order chi connectivity index (χ0) is 14.6. The molecule has 20 heavy (non-hydrogen) atoms. The standard InChI is InChI=1S/C12H17N5O2S/c1-3-12(2,19)8-13-10(18)6-17-15-11(14-16-17)9-4-5-20-7-9/h4-5,7,19H,3,6,8H2,1-2H3,(H,13,18). The Morgan fingerprint density at radius 2 is 2.40 bits per heavy atom. The summed E-state index contributed by atoms with van der Waals surface area (Å²) in [7, 11) is 0. The molecule has 0 aliphatic heterocycles. The summed E-state index contributed by atoms with van der Waals surface area (Å²) in [5.41, 5.74) is -0.0108. The van der Waals surface area contributed by atoms with E-state index in [0.29, 0.717) is 12.2 Å². The monoisotopic (exact) mass is 295 g/mol. The van der Waals surface area contributed by atoms with Gasteiger partial charge in [-0.05, 0) is 30.0 Å². The van der Waals surface area contributed by atoms with Crippen LogP contribution in [-0.2, 0) is 11.3 Å². The Balaban J connectivity index is 1.89. The molecule has 2 aromatic heterocycles. The van der Waals surface area contributed by atoms with Gasteiger partial charge in [0.25, 0.3) is 0 Å². The zero-order valence-electron chi connectivity index (χ0n) is 11.4. The van der Waals surface area contributed by atoms with Crippen molar-refractivity contribution in [2.45, 2.75) is 32.4 Å². The maximum atomic E-state index is 11.7. The summed E-state index contributed by atoms with van der Waals surface area (Å²) in [6.45, 7) is 3.72. The average Bonchev–Trinajstić information content (AvgIpc) is 3.07. The van der Waals surface area contributed by atoms with Crippen LogP contribution in [0, 0.1) is 0 Å². The number of rotatable bonds is 6. The molecule has 2 rings (SSSR count). The quantitative estimate of drug-likeness (QED) is 0.817. The SMILES string of the molecule is CCC(C)(O)CNC(=O)Cn1nnc(-c2ccsc2)n1. The van der Waals surface area contributed by atoms with E-state index in [1.807, 2.05) is 23.8 Å². The van der Waals surface area contributed by atoms with Gasteiger partial charge >= 0.3 is 0 Å². The Bertz CT molecular complexity index is 564. The van der Waals surface area contributed by atoms with E-state index in [2.05, 4.69) is 20.7 Å². The smallest absolute Gasteiger partial charge is 0.243 e. The first kappa shape index (κ1) is 14.6. The number of nitrogens with one attached hydrogen (secondary N) is 1. The van der Waals surface area contributed by atoms with Crippen LogP contribution in [0.25, 0.3) is 11.4 Å². The number of aliphatic hydroxyl groups is 1. The van der Waals surface area contributed by atoms with Crippen LogP contribution in [0.1, 0.15) is 20.3 Å². The van der Waals surface area contributed by atoms with E-state index in [1.54, 1.807) is 18.3 Å². The van der Waals surface area contributed by atoms with Crippen LogP contribution >= 0.6 is 11.3 Å². The lowest BCUT2D eigenvalue weighted by molar-refractivity contribution is -0.123. The molecule has 0 radical (unpaired) electrons. The molecule has 1 atom stereocenters. The maximum absolute atomic E-state index is 11.7. The minimum atomic E-state index is -0.896. The van der Waals surface area contributed by atoms with Crippen LogP contribution < -0.4 is 5.32 Å². The predicted octanol–water partition coefficient (Wildman–Crippen LogP) is 0.679. The fourth-order valence-corrected chi connectivity index (χ4v) is 2.05. The van der Waals surface area contributed by atoms with E-state index in [9.17, 15) is 9.90 Å². The van der Waals surface area contributed by atoms with Crippen molar-refractivity contribution in [3.05, 3.63) is 16.8 Å². The fourth-order valence-electron chi connectivity index (χ4n) is 1.42. The van der Waals surface area contributed by atoms with Gasteiger partial charge in [0, 0.05) is 17.5 Å². The number of amides is 1. The first-order chi connectivity index (χ1) is 9.50. The summed E-state index contributed by atoms with van der Waals surface area (Å²) in [4.78, 5) is 13.0. The predicted molar refractivity (Wildman–Crippen MR) is 75.1 cm³/mol. The van der Waals surface area contributed by atoms with Crippen molar-refractivity contribution in [3.63, 3.8) is 0 Å². The first-order valence-corrected chi connectivity index (χ1v) is 7.24. The maximum Gasteiger partial charge on any atom is 0.243 e. The summed E-state index contributed by atoms with van der Waals surface area (Å²) in [5, 5.41) is 28.2. The number of hydrogen-bond donors (Lipinski definition) is 2. The summed E-state index contributed by atoms with van der Waals surface area (Å²) >= 11 is 1.55. The van der Waals surface area contributed by atoms with Crippen LogP contribution in [0.3, 0.4) is 0 Å². The molecule has 0 bridgehead atoms. The number of hydrogen-bond acceptors (Lipinski definition) is 6. The third-order valence-corrected chi connectivity index (χ3v) is 3.63. The summed E-state index contributed by atoms with van der Waals surface area (Å²) in [6.07, 6.45) is 0.567. The molecule has 0 fully saturated rings. The van der Waals surface area contributed by atoms with Gasteiger partial charge in [0.2, 0.25) is 11.7 Å². The Labute approximate surface area is 120 Å². The van der Waals surface area contributed by atoms with E-state index >= 15 is 0 Å². The molecule has 7 nitrogen and oxygen atoms in total. The van der Waals surface area contributed by atoms with Crippen molar-refractivity contribution in [3.8, 4) is 11.4 Å². The third-order valence-electron chi connectivity index (χ3n) is 2.95. The van der Waals surface area contributed by atoms with Crippen molar-refractivity contribution in [2.75, 3.05) is 6.54 Å². The number of thiophene rings is 1. The highest BCUT2D eigenvalue weighted by Gasteiger charge is 2.18. The fraction of sp³-hybridized carbons (Fsp3) is 0.500. The van der Waals surface area contributed by atoms with Crippen LogP contribution in [0.2, 0.25) is 0 Å². The Kier molecular flexibility index (Phi) is 4.46. The number of aromatic nitrogens is 4. The first-order valence-electron chi connectivity index (χ1n) is 6.29. The van der Waals surface area contributed by atoms with Crippen molar-refractivity contribution in [1.82, 2.24) is 25.5 Å². The number of carbonyl (C=O) groups is 1. The molecule has 8 heteroatoms. The molecule has 0 saturated heterocycles. The molecule has 0 saturated carbocycles. The largest absolute Gasteiger partial charge is 0.388 e. The van der Waals surface area contributed by atoms with E-state index in [0.717, 1.165) is 5.56 Å². The normalized spacial score (nSPS) is 13.9. The second kappa shape index (κ2) is 6.10. The zero-order valence-corrected chi connectivity index (χ0v) is 12.2. The highest BCUT2D eigenvalue weighted by molar-refractivity contribution is 7.08. The van der Waals surface area contributed by atoms with Gasteiger partial charge in [0.15, 0.2) is 0 Å². The van der Waals surface area contributed by atoms with E-state index < -0.39 is 5.60 Å². The molecule has 1 unspecified atom stereocenters. The third kappa shape index (κ3) is 3.84. The lowest BCUT2D eigenvalue weighted by atomic mass is 10.0. The molecule has 2 N–H and O–H groups in total. The van der Waals surface area contributed by atoms with Gasteiger partial charge in [-0.25, -0.2) is 0 Å². The van der Waals surface area contributed by atoms with Gasteiger partial charge in [0.05, 0.1) is 5.60 Å². The topological polar surface area (TPSA) is 92.9 Å². The molecular formula is C12H17N5O2S. The average molecular weight is 295 g/mol. The minimum absolute atomic E-state index is 0.0169. The molecule has 1 amide bonds. The van der Waals surface area contributed by atoms with Crippen LogP contribution in [0.15, 0.2) is 16.8 Å². The van der Waals surface area contributed by atoms with Gasteiger partial charge < -0.3 is 10.4 Å². The number of nitrogens with zero attached hydrogens (tertiary/aromatic N) is 4. The summed E-state index contributed by atoms with van der Waals surface area (Å²) in [6, 6.07) is 1.89. The van der Waals surface area contributed by atoms with E-state index in [4.69, 9.17) is 0 Å². The Morgan fingerprint density at radius 3 is 3.05 bits per heavy atom. The highest BCUT2D eigenvalue weighted by atomic mass is 32.1. The Hall–Kier alpha value is -1.80. The van der Waals surface area contributed by atoms with Crippen molar-refractivity contribution >= 4 is 17.2 Å². The lowest BCUT2D eigenvalue weighted by Gasteiger charge is -2.21. The van der Waals surface area contributed by atoms with Crippen LogP contribution in [0.4, 0.5) is 0 Å². The lowest BCUT2D eigenvalue weighted by Crippen LogP contribution is -2.41. The van der Waals surface area contributed by atoms with Gasteiger partial charge in [-0.2, -0.15) is 16.1 Å². The van der Waals surface area contributed by atoms with Crippen molar-refractivity contribution in [2.24, 2.45) is 0 Å². The molecule has 108 valence electrons. The molecular weight excluding hydrogens is 278 g/mol. The molecule has 0 aliphatic carbocycles. The number of tetrazole rings is 1. The molecule has 2 aromatic rings. The van der Waals surface area contributed by atoms with Crippen LogP contribution in [0.5, 0.6) is 0 Å². The molecule has 0 aliphatic rings. The second-order valence-electron chi connectivity index (χ2n) is 4.78. The molecule has 0 spiro atoms. The van der Waals surface area contributed by atoms with Crippen molar-refractivity contribution in [1.29, 1.82) is 0 Å². The van der Waals surface area contributed by atoms with Crippen molar-refractivity contribution < 1.29 is 9.90 Å². The van der Waals surface area contributed by atoms with Gasteiger partial charge in [-0.15, -0.1) is 10.2 Å². The summed E-state index contributed by atoms with van der Waals surface area (Å²) in [5.74, 6) is 0.243. The highest BCUT2D eigenvalue weighted by Crippen LogP contribution is 2.16. The minimum Gasteiger partial charge on any atom is -0.388 e. The van der Waals surface area contributed by atoms with Gasteiger partial charge in [-0.1, -0.05) is 6.92 Å².